The van der Waals surface area contributed by atoms with Gasteiger partial charge in [-0.05, 0) is 36.8 Å². The molecule has 0 heterocycles. The van der Waals surface area contributed by atoms with E-state index < -0.39 is 20.0 Å². The molecule has 2 rings (SSSR count). The van der Waals surface area contributed by atoms with Crippen molar-refractivity contribution in [2.45, 2.75) is 23.1 Å². The highest BCUT2D eigenvalue weighted by Gasteiger charge is 2.13. The van der Waals surface area contributed by atoms with Crippen LogP contribution in [0.5, 0.6) is 0 Å². The smallest absolute Gasteiger partial charge is 0.240 e. The van der Waals surface area contributed by atoms with Crippen molar-refractivity contribution in [3.8, 4) is 0 Å². The summed E-state index contributed by atoms with van der Waals surface area (Å²) in [6, 6.07) is 13.1. The van der Waals surface area contributed by atoms with Gasteiger partial charge in [-0.1, -0.05) is 29.8 Å². The maximum absolute atomic E-state index is 12.1. The molecule has 0 aromatic heterocycles. The third kappa shape index (κ3) is 6.19. The number of benzene rings is 2. The number of hydrogen-bond acceptors (Lipinski definition) is 4. The standard InChI is InChI=1S/C17H23N3O4S2/c1-14-2-6-17(7-3-14)26(23,24)20-13-12-19-11-10-15-4-8-16(9-5-15)25(18,21)22/h2-9,19-20H,10-13H2,1H3,(H2,18,21,22)/p+1. The summed E-state index contributed by atoms with van der Waals surface area (Å²) in [5, 5.41) is 7.06. The van der Waals surface area contributed by atoms with Gasteiger partial charge in [0.2, 0.25) is 20.0 Å². The Balaban J connectivity index is 1.71. The largest absolute Gasteiger partial charge is 0.345 e. The molecule has 0 aliphatic carbocycles. The Bertz CT molecular complexity index is 923. The van der Waals surface area contributed by atoms with Crippen LogP contribution < -0.4 is 15.2 Å². The molecule has 2 aromatic rings. The Hall–Kier alpha value is -1.78. The van der Waals surface area contributed by atoms with Crippen LogP contribution in [0.15, 0.2) is 58.3 Å². The average Bonchev–Trinajstić information content (AvgIpc) is 2.58. The molecule has 0 radical (unpaired) electrons. The third-order valence-electron chi connectivity index (χ3n) is 3.86. The Morgan fingerprint density at radius 2 is 1.46 bits per heavy atom. The highest BCUT2D eigenvalue weighted by molar-refractivity contribution is 7.89. The van der Waals surface area contributed by atoms with Crippen LogP contribution in [-0.2, 0) is 26.5 Å². The highest BCUT2D eigenvalue weighted by atomic mass is 32.2. The van der Waals surface area contributed by atoms with Crippen LogP contribution in [0.1, 0.15) is 11.1 Å². The number of primary sulfonamides is 1. The molecule has 2 aromatic carbocycles. The van der Waals surface area contributed by atoms with E-state index in [1.165, 1.54) is 12.1 Å². The van der Waals surface area contributed by atoms with Crippen LogP contribution in [-0.4, -0.2) is 36.5 Å². The van der Waals surface area contributed by atoms with Crippen LogP contribution >= 0.6 is 0 Å². The molecular formula is C17H24N3O4S2+. The summed E-state index contributed by atoms with van der Waals surface area (Å²) >= 11 is 0. The second-order valence-electron chi connectivity index (χ2n) is 6.02. The van der Waals surface area contributed by atoms with Crippen molar-refractivity contribution in [1.82, 2.24) is 4.72 Å². The number of aryl methyl sites for hydroxylation is 1. The molecule has 0 saturated heterocycles. The lowest BCUT2D eigenvalue weighted by atomic mass is 10.1. The van der Waals surface area contributed by atoms with Crippen LogP contribution in [0, 0.1) is 6.92 Å². The van der Waals surface area contributed by atoms with E-state index in [1.54, 1.807) is 36.4 Å². The molecule has 0 bridgehead atoms. The molecule has 0 saturated carbocycles. The predicted molar refractivity (Wildman–Crippen MR) is 99.5 cm³/mol. The monoisotopic (exact) mass is 398 g/mol. The maximum Gasteiger partial charge on any atom is 0.240 e. The van der Waals surface area contributed by atoms with E-state index >= 15 is 0 Å². The first-order valence-electron chi connectivity index (χ1n) is 8.18. The molecule has 0 fully saturated rings. The predicted octanol–water partition coefficient (Wildman–Crippen LogP) is -0.273. The van der Waals surface area contributed by atoms with Crippen molar-refractivity contribution < 1.29 is 22.2 Å². The molecule has 0 unspecified atom stereocenters. The Morgan fingerprint density at radius 3 is 2.04 bits per heavy atom. The minimum atomic E-state index is -3.66. The molecule has 0 aliphatic rings. The van der Waals surface area contributed by atoms with Gasteiger partial charge in [0, 0.05) is 6.42 Å². The lowest BCUT2D eigenvalue weighted by molar-refractivity contribution is -0.652. The summed E-state index contributed by atoms with van der Waals surface area (Å²) in [5.41, 5.74) is 2.00. The molecule has 0 atom stereocenters. The van der Waals surface area contributed by atoms with Crippen molar-refractivity contribution in [2.24, 2.45) is 5.14 Å². The van der Waals surface area contributed by atoms with E-state index in [9.17, 15) is 16.8 Å². The van der Waals surface area contributed by atoms with Crippen molar-refractivity contribution in [1.29, 1.82) is 0 Å². The van der Waals surface area contributed by atoms with E-state index in [-0.39, 0.29) is 9.79 Å². The van der Waals surface area contributed by atoms with Crippen molar-refractivity contribution in [2.75, 3.05) is 19.6 Å². The zero-order valence-electron chi connectivity index (χ0n) is 14.6. The van der Waals surface area contributed by atoms with Gasteiger partial charge in [-0.15, -0.1) is 0 Å². The zero-order valence-corrected chi connectivity index (χ0v) is 16.2. The molecule has 9 heteroatoms. The van der Waals surface area contributed by atoms with Crippen LogP contribution in [0.25, 0.3) is 0 Å². The SMILES string of the molecule is Cc1ccc(S(=O)(=O)NCC[NH2+]CCc2ccc(S(N)(=O)=O)cc2)cc1. The Kier molecular flexibility index (Phi) is 6.90. The summed E-state index contributed by atoms with van der Waals surface area (Å²) in [6.45, 7) is 3.61. The van der Waals surface area contributed by atoms with Gasteiger partial charge >= 0.3 is 0 Å². The highest BCUT2D eigenvalue weighted by Crippen LogP contribution is 2.09. The molecule has 0 aliphatic heterocycles. The van der Waals surface area contributed by atoms with Gasteiger partial charge in [-0.2, -0.15) is 0 Å². The maximum atomic E-state index is 12.1. The van der Waals surface area contributed by atoms with Gasteiger partial charge in [0.1, 0.15) is 0 Å². The minimum Gasteiger partial charge on any atom is -0.345 e. The lowest BCUT2D eigenvalue weighted by Gasteiger charge is -2.07. The van der Waals surface area contributed by atoms with E-state index in [0.717, 1.165) is 24.1 Å². The third-order valence-corrected chi connectivity index (χ3v) is 6.27. The second kappa shape index (κ2) is 8.74. The molecule has 26 heavy (non-hydrogen) atoms. The number of sulfonamides is 2. The summed E-state index contributed by atoms with van der Waals surface area (Å²) < 4.78 is 49.2. The summed E-state index contributed by atoms with van der Waals surface area (Å²) in [5.74, 6) is 0. The minimum absolute atomic E-state index is 0.0933. The first kappa shape index (κ1) is 20.5. The number of rotatable bonds is 9. The van der Waals surface area contributed by atoms with Gasteiger partial charge in [-0.25, -0.2) is 26.7 Å². The van der Waals surface area contributed by atoms with Crippen LogP contribution in [0.3, 0.4) is 0 Å². The van der Waals surface area contributed by atoms with Crippen molar-refractivity contribution >= 4 is 20.0 Å². The molecule has 7 nitrogen and oxygen atoms in total. The number of nitrogens with two attached hydrogens (primary N) is 2. The van der Waals surface area contributed by atoms with Gasteiger partial charge in [0.15, 0.2) is 0 Å². The fraction of sp³-hybridized carbons (Fsp3) is 0.294. The van der Waals surface area contributed by atoms with Gasteiger partial charge < -0.3 is 5.32 Å². The van der Waals surface area contributed by atoms with Crippen molar-refractivity contribution in [3.05, 3.63) is 59.7 Å². The molecule has 0 spiro atoms. The number of nitrogens with one attached hydrogen (secondary N) is 1. The first-order chi connectivity index (χ1) is 12.2. The topological polar surface area (TPSA) is 123 Å². The fourth-order valence-corrected chi connectivity index (χ4v) is 3.92. The van der Waals surface area contributed by atoms with E-state index in [0.29, 0.717) is 13.1 Å². The fourth-order valence-electron chi connectivity index (χ4n) is 2.35. The first-order valence-corrected chi connectivity index (χ1v) is 11.2. The van der Waals surface area contributed by atoms with E-state index in [2.05, 4.69) is 4.72 Å². The molecule has 5 N–H and O–H groups in total. The van der Waals surface area contributed by atoms with E-state index in [1.807, 2.05) is 12.2 Å². The van der Waals surface area contributed by atoms with Gasteiger partial charge in [-0.3, -0.25) is 0 Å². The number of hydrogen-bond donors (Lipinski definition) is 3. The van der Waals surface area contributed by atoms with Gasteiger partial charge in [0.05, 0.1) is 29.4 Å². The normalized spacial score (nSPS) is 12.2. The summed E-state index contributed by atoms with van der Waals surface area (Å²) in [4.78, 5) is 0.355. The van der Waals surface area contributed by atoms with Crippen molar-refractivity contribution in [3.63, 3.8) is 0 Å². The van der Waals surface area contributed by atoms with E-state index in [4.69, 9.17) is 5.14 Å². The molecule has 0 amide bonds. The average molecular weight is 399 g/mol. The van der Waals surface area contributed by atoms with Crippen LogP contribution in [0.2, 0.25) is 0 Å². The van der Waals surface area contributed by atoms with Gasteiger partial charge in [0.25, 0.3) is 0 Å². The molecule has 142 valence electrons. The Morgan fingerprint density at radius 1 is 0.885 bits per heavy atom. The van der Waals surface area contributed by atoms with Crippen LogP contribution in [0.4, 0.5) is 0 Å². The number of quaternary nitrogens is 1. The summed E-state index contributed by atoms with van der Waals surface area (Å²) in [6.07, 6.45) is 0.746. The Labute approximate surface area is 154 Å². The molecular weight excluding hydrogens is 374 g/mol. The zero-order chi connectivity index (χ0) is 19.2. The second-order valence-corrected chi connectivity index (χ2v) is 9.34. The lowest BCUT2D eigenvalue weighted by Crippen LogP contribution is -2.86. The summed E-state index contributed by atoms with van der Waals surface area (Å²) in [7, 11) is -7.14. The quantitative estimate of drug-likeness (QED) is 0.503.